The van der Waals surface area contributed by atoms with Gasteiger partial charge >= 0.3 is 0 Å². The van der Waals surface area contributed by atoms with Crippen LogP contribution in [0.2, 0.25) is 5.02 Å². The Hall–Kier alpha value is -2.77. The molecular weight excluding hydrogens is 346 g/mol. The van der Waals surface area contributed by atoms with Crippen LogP contribution in [0.25, 0.3) is 6.08 Å². The van der Waals surface area contributed by atoms with E-state index in [1.807, 2.05) is 30.3 Å². The lowest BCUT2D eigenvalue weighted by molar-refractivity contribution is -0.112. The van der Waals surface area contributed by atoms with Crippen LogP contribution in [0.1, 0.15) is 24.8 Å². The van der Waals surface area contributed by atoms with E-state index >= 15 is 0 Å². The van der Waals surface area contributed by atoms with Crippen LogP contribution in [0.3, 0.4) is 0 Å². The Bertz CT molecular complexity index is 846. The highest BCUT2D eigenvalue weighted by Crippen LogP contribution is 2.23. The van der Waals surface area contributed by atoms with Crippen molar-refractivity contribution in [2.24, 2.45) is 0 Å². The molecule has 26 heavy (non-hydrogen) atoms. The molecular formula is C21H20ClN3O. The molecule has 0 spiro atoms. The first-order valence-corrected chi connectivity index (χ1v) is 9.08. The number of nitrogens with one attached hydrogen (secondary N) is 1. The maximum Gasteiger partial charge on any atom is 0.266 e. The summed E-state index contributed by atoms with van der Waals surface area (Å²) in [6, 6.07) is 16.9. The number of nitriles is 1. The minimum absolute atomic E-state index is 0.0376. The normalized spacial score (nSPS) is 14.6. The van der Waals surface area contributed by atoms with E-state index in [2.05, 4.69) is 10.2 Å². The van der Waals surface area contributed by atoms with Gasteiger partial charge in [0.15, 0.2) is 0 Å². The highest BCUT2D eigenvalue weighted by Gasteiger charge is 2.12. The third kappa shape index (κ3) is 4.44. The van der Waals surface area contributed by atoms with E-state index in [4.69, 9.17) is 11.6 Å². The second-order valence-corrected chi connectivity index (χ2v) is 6.65. The molecule has 1 N–H and O–H groups in total. The molecule has 0 atom stereocenters. The number of carbonyl (C=O) groups is 1. The fourth-order valence-corrected chi connectivity index (χ4v) is 3.18. The monoisotopic (exact) mass is 365 g/mol. The Kier molecular flexibility index (Phi) is 5.93. The molecule has 1 aliphatic rings. The summed E-state index contributed by atoms with van der Waals surface area (Å²) in [5.74, 6) is -0.472. The average molecular weight is 366 g/mol. The Morgan fingerprint density at radius 3 is 2.42 bits per heavy atom. The van der Waals surface area contributed by atoms with E-state index in [9.17, 15) is 10.1 Å². The average Bonchev–Trinajstić information content (AvgIpc) is 2.69. The van der Waals surface area contributed by atoms with E-state index < -0.39 is 5.91 Å². The molecule has 1 amide bonds. The van der Waals surface area contributed by atoms with Crippen molar-refractivity contribution in [1.82, 2.24) is 0 Å². The van der Waals surface area contributed by atoms with Crippen LogP contribution in [0.15, 0.2) is 54.1 Å². The molecule has 0 bridgehead atoms. The van der Waals surface area contributed by atoms with Crippen molar-refractivity contribution in [3.8, 4) is 6.07 Å². The fourth-order valence-electron chi connectivity index (χ4n) is 3.00. The van der Waals surface area contributed by atoms with Crippen LogP contribution in [-0.2, 0) is 4.79 Å². The second kappa shape index (κ2) is 8.55. The van der Waals surface area contributed by atoms with Crippen LogP contribution in [0.5, 0.6) is 0 Å². The molecule has 5 heteroatoms. The Morgan fingerprint density at radius 1 is 1.08 bits per heavy atom. The van der Waals surface area contributed by atoms with E-state index in [-0.39, 0.29) is 5.57 Å². The molecule has 0 aromatic heterocycles. The van der Waals surface area contributed by atoms with Crippen molar-refractivity contribution >= 4 is 35.0 Å². The summed E-state index contributed by atoms with van der Waals surface area (Å²) < 4.78 is 0. The number of halogens is 1. The van der Waals surface area contributed by atoms with Crippen LogP contribution < -0.4 is 10.2 Å². The van der Waals surface area contributed by atoms with Gasteiger partial charge in [-0.25, -0.2) is 0 Å². The van der Waals surface area contributed by atoms with Crippen molar-refractivity contribution < 1.29 is 4.79 Å². The van der Waals surface area contributed by atoms with Gasteiger partial charge in [0, 0.05) is 18.8 Å². The first kappa shape index (κ1) is 18.0. The zero-order chi connectivity index (χ0) is 18.4. The molecule has 0 aliphatic carbocycles. The Balaban J connectivity index is 1.73. The van der Waals surface area contributed by atoms with Crippen LogP contribution in [0, 0.1) is 11.3 Å². The van der Waals surface area contributed by atoms with Gasteiger partial charge in [0.2, 0.25) is 0 Å². The number of carbonyl (C=O) groups excluding carboxylic acids is 1. The number of piperidine rings is 1. The summed E-state index contributed by atoms with van der Waals surface area (Å²) in [6.45, 7) is 2.16. The maximum atomic E-state index is 12.3. The highest BCUT2D eigenvalue weighted by atomic mass is 35.5. The lowest BCUT2D eigenvalue weighted by Crippen LogP contribution is -2.29. The topological polar surface area (TPSA) is 56.1 Å². The first-order chi connectivity index (χ1) is 12.7. The Labute approximate surface area is 158 Å². The summed E-state index contributed by atoms with van der Waals surface area (Å²) in [5, 5.41) is 12.5. The molecule has 0 unspecified atom stereocenters. The molecule has 2 aromatic carbocycles. The van der Waals surface area contributed by atoms with Gasteiger partial charge in [-0.2, -0.15) is 5.26 Å². The number of nitrogens with zero attached hydrogens (tertiary/aromatic N) is 2. The molecule has 132 valence electrons. The zero-order valence-electron chi connectivity index (χ0n) is 14.4. The van der Waals surface area contributed by atoms with Crippen LogP contribution in [-0.4, -0.2) is 19.0 Å². The zero-order valence-corrected chi connectivity index (χ0v) is 15.2. The maximum absolute atomic E-state index is 12.3. The Morgan fingerprint density at radius 2 is 1.77 bits per heavy atom. The van der Waals surface area contributed by atoms with Gasteiger partial charge in [-0.05, 0) is 55.2 Å². The third-order valence-electron chi connectivity index (χ3n) is 4.41. The van der Waals surface area contributed by atoms with Crippen molar-refractivity contribution in [3.05, 3.63) is 64.7 Å². The predicted octanol–water partition coefficient (Wildman–Crippen LogP) is 4.88. The van der Waals surface area contributed by atoms with Crippen molar-refractivity contribution in [1.29, 1.82) is 5.26 Å². The van der Waals surface area contributed by atoms with Gasteiger partial charge in [0.25, 0.3) is 5.91 Å². The lowest BCUT2D eigenvalue weighted by Gasteiger charge is -2.28. The van der Waals surface area contributed by atoms with Crippen molar-refractivity contribution in [3.63, 3.8) is 0 Å². The van der Waals surface area contributed by atoms with Crippen LogP contribution >= 0.6 is 11.6 Å². The first-order valence-electron chi connectivity index (χ1n) is 8.70. The smallest absolute Gasteiger partial charge is 0.266 e. The minimum Gasteiger partial charge on any atom is -0.372 e. The second-order valence-electron chi connectivity index (χ2n) is 6.24. The van der Waals surface area contributed by atoms with Gasteiger partial charge in [-0.3, -0.25) is 4.79 Å². The SMILES string of the molecule is N#CC(=Cc1ccc(N2CCCCC2)cc1)C(=O)Nc1ccccc1Cl. The van der Waals surface area contributed by atoms with Gasteiger partial charge in [0.05, 0.1) is 10.7 Å². The third-order valence-corrected chi connectivity index (χ3v) is 4.74. The molecule has 3 rings (SSSR count). The molecule has 4 nitrogen and oxygen atoms in total. The van der Waals surface area contributed by atoms with Crippen molar-refractivity contribution in [2.45, 2.75) is 19.3 Å². The quantitative estimate of drug-likeness (QED) is 0.620. The number of anilines is 2. The summed E-state index contributed by atoms with van der Waals surface area (Å²) in [4.78, 5) is 14.7. The number of hydrogen-bond acceptors (Lipinski definition) is 3. The largest absolute Gasteiger partial charge is 0.372 e. The van der Waals surface area contributed by atoms with Gasteiger partial charge in [-0.15, -0.1) is 0 Å². The van der Waals surface area contributed by atoms with Gasteiger partial charge in [-0.1, -0.05) is 35.9 Å². The molecule has 0 saturated carbocycles. The number of para-hydroxylation sites is 1. The highest BCUT2D eigenvalue weighted by molar-refractivity contribution is 6.34. The standard InChI is InChI=1S/C21H20ClN3O/c22-19-6-2-3-7-20(19)24-21(26)17(15-23)14-16-8-10-18(11-9-16)25-12-4-1-5-13-25/h2-3,6-11,14H,1,4-5,12-13H2,(H,24,26). The number of rotatable bonds is 4. The van der Waals surface area contributed by atoms with Gasteiger partial charge in [0.1, 0.15) is 11.6 Å². The van der Waals surface area contributed by atoms with E-state index in [1.54, 1.807) is 30.3 Å². The summed E-state index contributed by atoms with van der Waals surface area (Å²) in [7, 11) is 0. The fraction of sp³-hybridized carbons (Fsp3) is 0.238. The molecule has 1 aliphatic heterocycles. The molecule has 2 aromatic rings. The van der Waals surface area contributed by atoms with E-state index in [0.717, 1.165) is 18.7 Å². The van der Waals surface area contributed by atoms with Crippen molar-refractivity contribution in [2.75, 3.05) is 23.3 Å². The molecule has 0 radical (unpaired) electrons. The van der Waals surface area contributed by atoms with E-state index in [1.165, 1.54) is 24.9 Å². The predicted molar refractivity (Wildman–Crippen MR) is 106 cm³/mol. The molecule has 1 saturated heterocycles. The number of benzene rings is 2. The van der Waals surface area contributed by atoms with Gasteiger partial charge < -0.3 is 10.2 Å². The number of hydrogen-bond donors (Lipinski definition) is 1. The summed E-state index contributed by atoms with van der Waals surface area (Å²) in [6.07, 6.45) is 5.33. The summed E-state index contributed by atoms with van der Waals surface area (Å²) >= 11 is 6.05. The lowest BCUT2D eigenvalue weighted by atomic mass is 10.1. The minimum atomic E-state index is -0.472. The van der Waals surface area contributed by atoms with E-state index in [0.29, 0.717) is 10.7 Å². The van der Waals surface area contributed by atoms with Crippen LogP contribution in [0.4, 0.5) is 11.4 Å². The summed E-state index contributed by atoms with van der Waals surface area (Å²) in [5.41, 5.74) is 2.52. The molecule has 1 heterocycles. The number of amides is 1. The molecule has 1 fully saturated rings.